The highest BCUT2D eigenvalue weighted by Gasteiger charge is 2.32. The Morgan fingerprint density at radius 3 is 2.47 bits per heavy atom. The topological polar surface area (TPSA) is 32.8 Å². The lowest BCUT2D eigenvalue weighted by Crippen LogP contribution is -2.27. The maximum absolute atomic E-state index is 13.2. The van der Waals surface area contributed by atoms with Gasteiger partial charge in [-0.1, -0.05) is 83.6 Å². The molecule has 1 heterocycles. The van der Waals surface area contributed by atoms with Crippen LogP contribution in [-0.2, 0) is 17.9 Å². The van der Waals surface area contributed by atoms with E-state index in [0.717, 1.165) is 35.5 Å². The summed E-state index contributed by atoms with van der Waals surface area (Å²) in [6.07, 6.45) is 1.86. The standard InChI is InChI=1S/C28H26Cl2N2O2S2/c1-3-31(4-2)23-13-11-20(25(16-23)34-18-21-10-12-22(29)15-24(21)30)14-26-27(33)32(28(35)36-26)17-19-8-6-5-7-9-19/h5-16H,3-4,17-18H2,1-2H3. The van der Waals surface area contributed by atoms with Crippen molar-refractivity contribution in [3.05, 3.63) is 98.4 Å². The molecule has 3 aromatic carbocycles. The van der Waals surface area contributed by atoms with Gasteiger partial charge in [-0.05, 0) is 49.8 Å². The lowest BCUT2D eigenvalue weighted by molar-refractivity contribution is -0.122. The molecule has 1 saturated heterocycles. The first-order valence-corrected chi connectivity index (χ1v) is 13.6. The molecule has 0 N–H and O–H groups in total. The number of halogens is 2. The first-order valence-electron chi connectivity index (χ1n) is 11.6. The number of hydrogen-bond donors (Lipinski definition) is 0. The van der Waals surface area contributed by atoms with Gasteiger partial charge in [0.25, 0.3) is 5.91 Å². The zero-order chi connectivity index (χ0) is 25.7. The normalized spacial score (nSPS) is 14.6. The molecule has 0 spiro atoms. The minimum atomic E-state index is -0.103. The van der Waals surface area contributed by atoms with Gasteiger partial charge in [0.05, 0.1) is 11.4 Å². The van der Waals surface area contributed by atoms with Gasteiger partial charge in [-0.2, -0.15) is 0 Å². The highest BCUT2D eigenvalue weighted by molar-refractivity contribution is 8.26. The number of thiocarbonyl (C=S) groups is 1. The van der Waals surface area contributed by atoms with Crippen LogP contribution in [0.2, 0.25) is 10.0 Å². The van der Waals surface area contributed by atoms with Gasteiger partial charge in [0.2, 0.25) is 0 Å². The predicted octanol–water partition coefficient (Wildman–Crippen LogP) is 7.82. The third-order valence-electron chi connectivity index (χ3n) is 5.87. The Labute approximate surface area is 231 Å². The fourth-order valence-corrected chi connectivity index (χ4v) is 5.60. The minimum Gasteiger partial charge on any atom is -0.488 e. The number of amides is 1. The van der Waals surface area contributed by atoms with Gasteiger partial charge < -0.3 is 9.64 Å². The molecular formula is C28H26Cl2N2O2S2. The second-order valence-electron chi connectivity index (χ2n) is 8.17. The summed E-state index contributed by atoms with van der Waals surface area (Å²) in [5.41, 5.74) is 3.71. The van der Waals surface area contributed by atoms with Crippen molar-refractivity contribution in [3.8, 4) is 5.75 Å². The third-order valence-corrected chi connectivity index (χ3v) is 7.83. The molecule has 0 saturated carbocycles. The molecule has 36 heavy (non-hydrogen) atoms. The van der Waals surface area contributed by atoms with Gasteiger partial charge >= 0.3 is 0 Å². The molecule has 0 radical (unpaired) electrons. The van der Waals surface area contributed by atoms with Crippen LogP contribution in [-0.4, -0.2) is 28.2 Å². The summed E-state index contributed by atoms with van der Waals surface area (Å²) in [5.74, 6) is 0.562. The molecule has 4 rings (SSSR count). The first kappa shape index (κ1) is 26.6. The Bertz CT molecular complexity index is 1290. The van der Waals surface area contributed by atoms with Crippen LogP contribution < -0.4 is 9.64 Å². The number of carbonyl (C=O) groups is 1. The van der Waals surface area contributed by atoms with E-state index in [-0.39, 0.29) is 12.5 Å². The summed E-state index contributed by atoms with van der Waals surface area (Å²) >= 11 is 19.3. The molecule has 0 unspecified atom stereocenters. The number of thioether (sulfide) groups is 1. The average Bonchev–Trinajstić information content (AvgIpc) is 3.13. The first-order chi connectivity index (χ1) is 17.4. The average molecular weight is 558 g/mol. The van der Waals surface area contributed by atoms with E-state index in [0.29, 0.717) is 31.6 Å². The van der Waals surface area contributed by atoms with Gasteiger partial charge in [-0.3, -0.25) is 9.69 Å². The lowest BCUT2D eigenvalue weighted by Gasteiger charge is -2.22. The van der Waals surface area contributed by atoms with Crippen LogP contribution in [0.15, 0.2) is 71.6 Å². The number of benzene rings is 3. The molecule has 0 aliphatic carbocycles. The van der Waals surface area contributed by atoms with Crippen LogP contribution in [0, 0.1) is 0 Å². The molecule has 0 atom stereocenters. The van der Waals surface area contributed by atoms with Gasteiger partial charge in [0.15, 0.2) is 0 Å². The van der Waals surface area contributed by atoms with Crippen molar-refractivity contribution in [2.75, 3.05) is 18.0 Å². The molecule has 3 aromatic rings. The maximum atomic E-state index is 13.2. The van der Waals surface area contributed by atoms with E-state index in [1.165, 1.54) is 11.8 Å². The molecule has 1 aliphatic heterocycles. The number of rotatable bonds is 9. The van der Waals surface area contributed by atoms with E-state index in [2.05, 4.69) is 18.7 Å². The second-order valence-corrected chi connectivity index (χ2v) is 10.7. The van der Waals surface area contributed by atoms with Crippen LogP contribution >= 0.6 is 47.2 Å². The lowest BCUT2D eigenvalue weighted by atomic mass is 10.1. The Balaban J connectivity index is 1.63. The SMILES string of the molecule is CCN(CC)c1ccc(C=C2SC(=S)N(Cc3ccccc3)C2=O)c(OCc2ccc(Cl)cc2Cl)c1. The third kappa shape index (κ3) is 6.24. The Kier molecular flexibility index (Phi) is 8.96. The number of nitrogens with zero attached hydrogens (tertiary/aromatic N) is 2. The van der Waals surface area contributed by atoms with Crippen LogP contribution in [0.4, 0.5) is 5.69 Å². The van der Waals surface area contributed by atoms with E-state index in [4.69, 9.17) is 40.2 Å². The Morgan fingerprint density at radius 1 is 1.03 bits per heavy atom. The summed E-state index contributed by atoms with van der Waals surface area (Å²) in [4.78, 5) is 17.7. The fraction of sp³-hybridized carbons (Fsp3) is 0.214. The molecule has 1 fully saturated rings. The molecule has 1 aliphatic rings. The number of ether oxygens (including phenoxy) is 1. The van der Waals surface area contributed by atoms with Gasteiger partial charge in [0.1, 0.15) is 16.7 Å². The van der Waals surface area contributed by atoms with Crippen molar-refractivity contribution in [3.63, 3.8) is 0 Å². The van der Waals surface area contributed by atoms with E-state index >= 15 is 0 Å². The van der Waals surface area contributed by atoms with E-state index in [1.807, 2.05) is 60.7 Å². The van der Waals surface area contributed by atoms with Crippen LogP contribution in [0.3, 0.4) is 0 Å². The van der Waals surface area contributed by atoms with Crippen molar-refractivity contribution in [2.24, 2.45) is 0 Å². The monoisotopic (exact) mass is 556 g/mol. The van der Waals surface area contributed by atoms with Gasteiger partial charge in [-0.25, -0.2) is 0 Å². The highest BCUT2D eigenvalue weighted by atomic mass is 35.5. The fourth-order valence-electron chi connectivity index (χ4n) is 3.89. The van der Waals surface area contributed by atoms with Crippen molar-refractivity contribution >= 4 is 69.2 Å². The zero-order valence-corrected chi connectivity index (χ0v) is 23.2. The molecule has 0 bridgehead atoms. The van der Waals surface area contributed by atoms with Crippen molar-refractivity contribution in [2.45, 2.75) is 27.0 Å². The van der Waals surface area contributed by atoms with Crippen LogP contribution in [0.1, 0.15) is 30.5 Å². The minimum absolute atomic E-state index is 0.103. The maximum Gasteiger partial charge on any atom is 0.266 e. The van der Waals surface area contributed by atoms with Crippen LogP contribution in [0.5, 0.6) is 5.75 Å². The summed E-state index contributed by atoms with van der Waals surface area (Å²) < 4.78 is 6.80. The van der Waals surface area contributed by atoms with Crippen LogP contribution in [0.25, 0.3) is 6.08 Å². The Hall–Kier alpha value is -2.51. The molecule has 0 aromatic heterocycles. The van der Waals surface area contributed by atoms with Gasteiger partial charge in [0, 0.05) is 46.0 Å². The van der Waals surface area contributed by atoms with E-state index in [1.54, 1.807) is 17.0 Å². The quantitative estimate of drug-likeness (QED) is 0.198. The number of anilines is 1. The summed E-state index contributed by atoms with van der Waals surface area (Å²) in [7, 11) is 0. The second kappa shape index (κ2) is 12.2. The van der Waals surface area contributed by atoms with Crippen molar-refractivity contribution in [1.29, 1.82) is 0 Å². The molecule has 4 nitrogen and oxygen atoms in total. The Morgan fingerprint density at radius 2 is 1.78 bits per heavy atom. The largest absolute Gasteiger partial charge is 0.488 e. The number of hydrogen-bond acceptors (Lipinski definition) is 5. The molecule has 8 heteroatoms. The number of carbonyl (C=O) groups excluding carboxylic acids is 1. The van der Waals surface area contributed by atoms with E-state index in [9.17, 15) is 4.79 Å². The van der Waals surface area contributed by atoms with Crippen molar-refractivity contribution in [1.82, 2.24) is 4.90 Å². The van der Waals surface area contributed by atoms with Crippen molar-refractivity contribution < 1.29 is 9.53 Å². The predicted molar refractivity (Wildman–Crippen MR) is 156 cm³/mol. The molecule has 186 valence electrons. The summed E-state index contributed by atoms with van der Waals surface area (Å²) in [5, 5.41) is 1.12. The smallest absolute Gasteiger partial charge is 0.266 e. The zero-order valence-electron chi connectivity index (χ0n) is 20.0. The molecular weight excluding hydrogens is 531 g/mol. The van der Waals surface area contributed by atoms with E-state index < -0.39 is 0 Å². The van der Waals surface area contributed by atoms with Gasteiger partial charge in [-0.15, -0.1) is 0 Å². The summed E-state index contributed by atoms with van der Waals surface area (Å²) in [6, 6.07) is 21.2. The molecule has 1 amide bonds. The summed E-state index contributed by atoms with van der Waals surface area (Å²) in [6.45, 7) is 6.69. The highest BCUT2D eigenvalue weighted by Crippen LogP contribution is 2.36.